The molecule has 540 valence electrons. The Morgan fingerprint density at radius 2 is 0.574 bits per heavy atom. The van der Waals surface area contributed by atoms with Crippen molar-refractivity contribution in [2.45, 2.75) is 303 Å². The predicted molar refractivity (Wildman–Crippen MR) is 381 cm³/mol. The average molecular weight is 1360 g/mol. The van der Waals surface area contributed by atoms with Crippen LogP contribution in [0.4, 0.5) is 0 Å². The Morgan fingerprint density at radius 3 is 0.915 bits per heavy atom. The van der Waals surface area contributed by atoms with E-state index in [1.165, 1.54) is 25.7 Å². The number of unbranched alkanes of at least 4 members (excludes halogenated alkanes) is 23. The first-order chi connectivity index (χ1) is 45.7. The number of rotatable bonds is 67. The van der Waals surface area contributed by atoms with Gasteiger partial charge in [0.05, 0.1) is 26.4 Å². The summed E-state index contributed by atoms with van der Waals surface area (Å²) in [5.41, 5.74) is 0. The molecule has 0 spiro atoms. The summed E-state index contributed by atoms with van der Waals surface area (Å²) >= 11 is 0. The van der Waals surface area contributed by atoms with Crippen LogP contribution in [0.25, 0.3) is 0 Å². The second-order valence-corrected chi connectivity index (χ2v) is 26.7. The van der Waals surface area contributed by atoms with Gasteiger partial charge in [-0.05, 0) is 135 Å². The molecule has 5 unspecified atom stereocenters. The Bertz CT molecular complexity index is 2220. The molecule has 0 rings (SSSR count). The maximum absolute atomic E-state index is 13.0. The minimum Gasteiger partial charge on any atom is -0.462 e. The minimum absolute atomic E-state index is 0.0750. The monoisotopic (exact) mass is 1360 g/mol. The van der Waals surface area contributed by atoms with Crippen LogP contribution in [0.2, 0.25) is 0 Å². The molecule has 3 N–H and O–H groups in total. The molecule has 0 heterocycles. The number of aliphatic hydroxyl groups is 1. The van der Waals surface area contributed by atoms with Crippen molar-refractivity contribution in [2.75, 3.05) is 39.6 Å². The average Bonchev–Trinajstić information content (AvgIpc) is 1.24. The number of allylic oxidation sites excluding steroid dienone is 18. The van der Waals surface area contributed by atoms with E-state index >= 15 is 0 Å². The lowest BCUT2D eigenvalue weighted by atomic mass is 10.1. The molecule has 0 aliphatic carbocycles. The molecule has 0 aliphatic heterocycles. The number of phosphoric ester groups is 2. The molecule has 0 aromatic rings. The van der Waals surface area contributed by atoms with Gasteiger partial charge in [-0.2, -0.15) is 0 Å². The van der Waals surface area contributed by atoms with Gasteiger partial charge < -0.3 is 33.8 Å². The van der Waals surface area contributed by atoms with E-state index in [-0.39, 0.29) is 25.7 Å². The zero-order chi connectivity index (χ0) is 69.0. The van der Waals surface area contributed by atoms with Gasteiger partial charge in [0, 0.05) is 25.7 Å². The SMILES string of the molecule is CC/C=C\C/C=C\C/C=C\C/C=C\C/C=C\CCCCCC(=O)OCC(COP(=O)(O)OCC(O)COP(=O)(O)OCC(COC(=O)CCCCCCC/C=C\C/C=C\CCC)OC(=O)CCCCCCC/C=C\CCCC)OC(=O)CCCCCCC/C=C\CCCC. The Kier molecular flexibility index (Phi) is 64.2. The number of carbonyl (C=O) groups excluding carboxylic acids is 4. The van der Waals surface area contributed by atoms with Crippen molar-refractivity contribution in [3.05, 3.63) is 109 Å². The van der Waals surface area contributed by atoms with Gasteiger partial charge in [0.1, 0.15) is 19.3 Å². The highest BCUT2D eigenvalue weighted by atomic mass is 31.2. The number of esters is 4. The molecule has 0 aromatic carbocycles. The lowest BCUT2D eigenvalue weighted by molar-refractivity contribution is -0.161. The second kappa shape index (κ2) is 67.3. The minimum atomic E-state index is -4.98. The normalized spacial score (nSPS) is 14.7. The van der Waals surface area contributed by atoms with Crippen LogP contribution in [0.3, 0.4) is 0 Å². The summed E-state index contributed by atoms with van der Waals surface area (Å²) in [5, 5.41) is 10.6. The van der Waals surface area contributed by atoms with E-state index in [1.807, 2.05) is 0 Å². The number of carbonyl (C=O) groups is 4. The molecule has 0 aromatic heterocycles. The smallest absolute Gasteiger partial charge is 0.462 e. The summed E-state index contributed by atoms with van der Waals surface area (Å²) < 4.78 is 68.2. The molecular formula is C75H128O17P2. The molecule has 0 saturated heterocycles. The Balaban J connectivity index is 5.33. The standard InChI is InChI=1S/C75H128O17P2/c1-5-9-13-17-21-25-29-31-32-33-34-35-36-38-42-44-48-52-56-60-73(78)86-66-71(92-75(80)62-58-54-50-46-40-28-24-20-16-12-8-4)68-90-94(83,84)88-64-69(76)63-87-93(81,82)89-67-70(91-74(79)61-57-53-49-45-39-27-23-19-15-11-7-3)65-85-72(77)59-55-51-47-43-41-37-30-26-22-18-14-10-6-2/h9,13-14,18-21,23-26,30-32,34-35,38,42,69-71,76H,5-8,10-12,15-17,22,27-29,33,36-37,39-41,43-68H2,1-4H3,(H,81,82)(H,83,84)/b13-9-,18-14-,23-19-,24-20-,25-21-,30-26-,32-31-,35-34-,42-38-. The summed E-state index contributed by atoms with van der Waals surface area (Å²) in [4.78, 5) is 72.6. The Labute approximate surface area is 569 Å². The largest absolute Gasteiger partial charge is 0.472 e. The van der Waals surface area contributed by atoms with E-state index in [0.717, 1.165) is 180 Å². The van der Waals surface area contributed by atoms with Crippen LogP contribution >= 0.6 is 15.6 Å². The van der Waals surface area contributed by atoms with Crippen molar-refractivity contribution < 1.29 is 80.2 Å². The van der Waals surface area contributed by atoms with Gasteiger partial charge in [-0.3, -0.25) is 37.3 Å². The van der Waals surface area contributed by atoms with Gasteiger partial charge >= 0.3 is 39.5 Å². The third-order valence-electron chi connectivity index (χ3n) is 14.7. The molecule has 0 fully saturated rings. The van der Waals surface area contributed by atoms with Gasteiger partial charge in [0.15, 0.2) is 12.2 Å². The van der Waals surface area contributed by atoms with Crippen molar-refractivity contribution in [1.29, 1.82) is 0 Å². The van der Waals surface area contributed by atoms with Gasteiger partial charge in [-0.15, -0.1) is 0 Å². The fraction of sp³-hybridized carbons (Fsp3) is 0.707. The van der Waals surface area contributed by atoms with Gasteiger partial charge in [-0.1, -0.05) is 233 Å². The molecule has 0 radical (unpaired) electrons. The van der Waals surface area contributed by atoms with E-state index in [1.54, 1.807) is 0 Å². The quantitative estimate of drug-likeness (QED) is 0.0169. The van der Waals surface area contributed by atoms with E-state index in [0.29, 0.717) is 25.7 Å². The number of hydrogen-bond acceptors (Lipinski definition) is 15. The lowest BCUT2D eigenvalue weighted by Crippen LogP contribution is -2.30. The van der Waals surface area contributed by atoms with Gasteiger partial charge in [-0.25, -0.2) is 9.13 Å². The Morgan fingerprint density at radius 1 is 0.309 bits per heavy atom. The molecule has 0 saturated carbocycles. The molecular weight excluding hydrogens is 1230 g/mol. The summed E-state index contributed by atoms with van der Waals surface area (Å²) in [5.74, 6) is -2.25. The summed E-state index contributed by atoms with van der Waals surface area (Å²) in [6.07, 6.45) is 69.6. The molecule has 17 nitrogen and oxygen atoms in total. The second-order valence-electron chi connectivity index (χ2n) is 23.8. The fourth-order valence-electron chi connectivity index (χ4n) is 9.13. The van der Waals surface area contributed by atoms with Crippen LogP contribution in [0, 0.1) is 0 Å². The first kappa shape index (κ1) is 89.7. The zero-order valence-corrected chi connectivity index (χ0v) is 60.4. The number of ether oxygens (including phenoxy) is 4. The number of phosphoric acid groups is 2. The molecule has 0 amide bonds. The molecule has 0 aliphatic rings. The fourth-order valence-corrected chi connectivity index (χ4v) is 10.7. The molecule has 5 atom stereocenters. The summed E-state index contributed by atoms with van der Waals surface area (Å²) in [7, 11) is -9.95. The van der Waals surface area contributed by atoms with E-state index in [4.69, 9.17) is 37.0 Å². The van der Waals surface area contributed by atoms with Crippen molar-refractivity contribution in [3.8, 4) is 0 Å². The van der Waals surface area contributed by atoms with Crippen LogP contribution in [0.1, 0.15) is 285 Å². The third-order valence-corrected chi connectivity index (χ3v) is 16.6. The maximum Gasteiger partial charge on any atom is 0.472 e. The summed E-state index contributed by atoms with van der Waals surface area (Å²) in [6, 6.07) is 0. The van der Waals surface area contributed by atoms with E-state index in [2.05, 4.69) is 137 Å². The molecule has 19 heteroatoms. The maximum atomic E-state index is 13.0. The first-order valence-electron chi connectivity index (χ1n) is 36.1. The van der Waals surface area contributed by atoms with Crippen LogP contribution in [0.5, 0.6) is 0 Å². The number of aliphatic hydroxyl groups excluding tert-OH is 1. The van der Waals surface area contributed by atoms with Gasteiger partial charge in [0.25, 0.3) is 0 Å². The van der Waals surface area contributed by atoms with Crippen LogP contribution < -0.4 is 0 Å². The van der Waals surface area contributed by atoms with Crippen molar-refractivity contribution in [3.63, 3.8) is 0 Å². The first-order valence-corrected chi connectivity index (χ1v) is 39.1. The van der Waals surface area contributed by atoms with Crippen LogP contribution in [0.15, 0.2) is 109 Å². The third kappa shape index (κ3) is 66.3. The Hall–Kier alpha value is -4.28. The van der Waals surface area contributed by atoms with E-state index < -0.39 is 97.5 Å². The summed E-state index contributed by atoms with van der Waals surface area (Å²) in [6.45, 7) is 4.52. The highest BCUT2D eigenvalue weighted by Crippen LogP contribution is 2.45. The topological polar surface area (TPSA) is 237 Å². The predicted octanol–water partition coefficient (Wildman–Crippen LogP) is 20.2. The highest BCUT2D eigenvalue weighted by molar-refractivity contribution is 7.47. The highest BCUT2D eigenvalue weighted by Gasteiger charge is 2.30. The van der Waals surface area contributed by atoms with Crippen molar-refractivity contribution >= 4 is 39.5 Å². The number of hydrogen-bond donors (Lipinski definition) is 3. The van der Waals surface area contributed by atoms with E-state index in [9.17, 15) is 43.2 Å². The lowest BCUT2D eigenvalue weighted by Gasteiger charge is -2.21. The van der Waals surface area contributed by atoms with Crippen molar-refractivity contribution in [1.82, 2.24) is 0 Å². The van der Waals surface area contributed by atoms with Crippen LogP contribution in [-0.2, 0) is 65.4 Å². The zero-order valence-electron chi connectivity index (χ0n) is 58.6. The molecule has 94 heavy (non-hydrogen) atoms. The van der Waals surface area contributed by atoms with Crippen molar-refractivity contribution in [2.24, 2.45) is 0 Å². The van der Waals surface area contributed by atoms with Gasteiger partial charge in [0.2, 0.25) is 0 Å². The molecule has 0 bridgehead atoms. The van der Waals surface area contributed by atoms with Crippen LogP contribution in [-0.4, -0.2) is 96.7 Å².